The van der Waals surface area contributed by atoms with Crippen molar-refractivity contribution in [1.82, 2.24) is 5.32 Å². The minimum absolute atomic E-state index is 0.142. The van der Waals surface area contributed by atoms with Crippen LogP contribution in [0.5, 0.6) is 0 Å². The third-order valence-electron chi connectivity index (χ3n) is 3.49. The molecule has 0 aromatic heterocycles. The van der Waals surface area contributed by atoms with Crippen LogP contribution in [0.2, 0.25) is 0 Å². The smallest absolute Gasteiger partial charge is 0.319 e. The van der Waals surface area contributed by atoms with Crippen molar-refractivity contribution in [3.05, 3.63) is 29.8 Å². The highest BCUT2D eigenvalue weighted by molar-refractivity contribution is 5.89. The average molecular weight is 263 g/mol. The van der Waals surface area contributed by atoms with Crippen LogP contribution in [-0.4, -0.2) is 23.3 Å². The number of benzene rings is 1. The van der Waals surface area contributed by atoms with Gasteiger partial charge in [0, 0.05) is 12.2 Å². The molecule has 1 aliphatic rings. The lowest BCUT2D eigenvalue weighted by molar-refractivity contribution is 0.0955. The molecule has 0 saturated heterocycles. The van der Waals surface area contributed by atoms with Gasteiger partial charge < -0.3 is 21.5 Å². The minimum atomic E-state index is -0.431. The van der Waals surface area contributed by atoms with Crippen molar-refractivity contribution in [2.24, 2.45) is 5.73 Å². The summed E-state index contributed by atoms with van der Waals surface area (Å²) in [6.45, 7) is 0.487. The molecule has 2 unspecified atom stereocenters. The summed E-state index contributed by atoms with van der Waals surface area (Å²) in [5.74, 6) is 0. The summed E-state index contributed by atoms with van der Waals surface area (Å²) < 4.78 is 0. The Morgan fingerprint density at radius 2 is 1.95 bits per heavy atom. The van der Waals surface area contributed by atoms with Gasteiger partial charge in [-0.25, -0.2) is 4.79 Å². The molecule has 1 saturated carbocycles. The van der Waals surface area contributed by atoms with E-state index in [0.29, 0.717) is 6.54 Å². The number of rotatable bonds is 3. The van der Waals surface area contributed by atoms with Crippen molar-refractivity contribution in [3.63, 3.8) is 0 Å². The molecule has 5 nitrogen and oxygen atoms in total. The molecular formula is C14H21N3O2. The van der Waals surface area contributed by atoms with Crippen LogP contribution < -0.4 is 16.4 Å². The van der Waals surface area contributed by atoms with Crippen LogP contribution in [0.25, 0.3) is 0 Å². The maximum atomic E-state index is 11.8. The number of carbonyl (C=O) groups excluding carboxylic acids is 1. The number of amides is 2. The molecule has 19 heavy (non-hydrogen) atoms. The first kappa shape index (κ1) is 13.8. The van der Waals surface area contributed by atoms with Crippen molar-refractivity contribution >= 4 is 11.7 Å². The lowest BCUT2D eigenvalue weighted by Crippen LogP contribution is -2.46. The molecule has 0 heterocycles. The van der Waals surface area contributed by atoms with Gasteiger partial charge in [-0.1, -0.05) is 25.0 Å². The molecule has 1 aromatic carbocycles. The Morgan fingerprint density at radius 1 is 1.26 bits per heavy atom. The summed E-state index contributed by atoms with van der Waals surface area (Å²) in [6.07, 6.45) is 3.24. The number of aliphatic hydroxyl groups excluding tert-OH is 1. The molecule has 1 aromatic rings. The third kappa shape index (κ3) is 3.94. The Morgan fingerprint density at radius 3 is 2.58 bits per heavy atom. The highest BCUT2D eigenvalue weighted by atomic mass is 16.3. The van der Waals surface area contributed by atoms with E-state index in [1.165, 1.54) is 0 Å². The van der Waals surface area contributed by atoms with E-state index in [2.05, 4.69) is 10.6 Å². The van der Waals surface area contributed by atoms with Crippen LogP contribution in [0.3, 0.4) is 0 Å². The lowest BCUT2D eigenvalue weighted by atomic mass is 9.93. The molecule has 2 atom stereocenters. The zero-order valence-corrected chi connectivity index (χ0v) is 10.9. The second kappa shape index (κ2) is 6.54. The molecule has 1 fully saturated rings. The summed E-state index contributed by atoms with van der Waals surface area (Å²) in [5.41, 5.74) is 7.26. The standard InChI is InChI=1S/C14H21N3O2/c15-9-10-5-7-11(8-6-10)16-14(19)17-12-3-1-2-4-13(12)18/h5-8,12-13,18H,1-4,9,15H2,(H2,16,17,19). The second-order valence-electron chi connectivity index (χ2n) is 4.96. The SMILES string of the molecule is NCc1ccc(NC(=O)NC2CCCCC2O)cc1. The fourth-order valence-electron chi connectivity index (χ4n) is 2.34. The number of nitrogens with two attached hydrogens (primary N) is 1. The Labute approximate surface area is 113 Å². The highest BCUT2D eigenvalue weighted by Gasteiger charge is 2.24. The maximum absolute atomic E-state index is 11.8. The van der Waals surface area contributed by atoms with Crippen molar-refractivity contribution in [2.75, 3.05) is 5.32 Å². The molecule has 0 spiro atoms. The average Bonchev–Trinajstić information content (AvgIpc) is 2.42. The van der Waals surface area contributed by atoms with Gasteiger partial charge >= 0.3 is 6.03 Å². The first-order valence-corrected chi connectivity index (χ1v) is 6.73. The zero-order chi connectivity index (χ0) is 13.7. The van der Waals surface area contributed by atoms with Crippen LogP contribution in [-0.2, 0) is 6.54 Å². The first-order chi connectivity index (χ1) is 9.19. The highest BCUT2D eigenvalue weighted by Crippen LogP contribution is 2.18. The topological polar surface area (TPSA) is 87.4 Å². The Hall–Kier alpha value is -1.59. The van der Waals surface area contributed by atoms with Crippen LogP contribution >= 0.6 is 0 Å². The fraction of sp³-hybridized carbons (Fsp3) is 0.500. The second-order valence-corrected chi connectivity index (χ2v) is 4.96. The molecule has 5 heteroatoms. The zero-order valence-electron chi connectivity index (χ0n) is 10.9. The molecular weight excluding hydrogens is 242 g/mol. The molecule has 0 aliphatic heterocycles. The van der Waals surface area contributed by atoms with E-state index in [0.717, 1.165) is 36.9 Å². The normalized spacial score (nSPS) is 22.8. The molecule has 0 bridgehead atoms. The summed E-state index contributed by atoms with van der Waals surface area (Å²) in [7, 11) is 0. The van der Waals surface area contributed by atoms with Gasteiger partial charge in [0.25, 0.3) is 0 Å². The molecule has 104 valence electrons. The summed E-state index contributed by atoms with van der Waals surface area (Å²) in [6, 6.07) is 6.98. The monoisotopic (exact) mass is 263 g/mol. The van der Waals surface area contributed by atoms with Gasteiger partial charge in [0.05, 0.1) is 12.1 Å². The van der Waals surface area contributed by atoms with E-state index in [1.807, 2.05) is 24.3 Å². The van der Waals surface area contributed by atoms with Gasteiger partial charge in [-0.05, 0) is 30.5 Å². The number of hydrogen-bond acceptors (Lipinski definition) is 3. The van der Waals surface area contributed by atoms with Gasteiger partial charge in [-0.15, -0.1) is 0 Å². The van der Waals surface area contributed by atoms with E-state index >= 15 is 0 Å². The van der Waals surface area contributed by atoms with Gasteiger partial charge in [0.15, 0.2) is 0 Å². The fourth-order valence-corrected chi connectivity index (χ4v) is 2.34. The van der Waals surface area contributed by atoms with Gasteiger partial charge in [-0.2, -0.15) is 0 Å². The van der Waals surface area contributed by atoms with Gasteiger partial charge in [0.2, 0.25) is 0 Å². The summed E-state index contributed by atoms with van der Waals surface area (Å²) in [4.78, 5) is 11.8. The third-order valence-corrected chi connectivity index (χ3v) is 3.49. The van der Waals surface area contributed by atoms with E-state index < -0.39 is 6.10 Å². The molecule has 1 aliphatic carbocycles. The van der Waals surface area contributed by atoms with Crippen LogP contribution in [0.1, 0.15) is 31.2 Å². The van der Waals surface area contributed by atoms with Crippen LogP contribution in [0.15, 0.2) is 24.3 Å². The number of anilines is 1. The number of carbonyl (C=O) groups is 1. The van der Waals surface area contributed by atoms with E-state index in [-0.39, 0.29) is 12.1 Å². The predicted octanol–water partition coefficient (Wildman–Crippen LogP) is 1.57. The van der Waals surface area contributed by atoms with Crippen molar-refractivity contribution in [1.29, 1.82) is 0 Å². The van der Waals surface area contributed by atoms with Crippen LogP contribution in [0.4, 0.5) is 10.5 Å². The molecule has 5 N–H and O–H groups in total. The lowest BCUT2D eigenvalue weighted by Gasteiger charge is -2.28. The van der Waals surface area contributed by atoms with E-state index in [1.54, 1.807) is 0 Å². The first-order valence-electron chi connectivity index (χ1n) is 6.73. The quantitative estimate of drug-likeness (QED) is 0.667. The van der Waals surface area contributed by atoms with E-state index in [9.17, 15) is 9.90 Å². The summed E-state index contributed by atoms with van der Waals surface area (Å²) in [5, 5.41) is 15.4. The maximum Gasteiger partial charge on any atom is 0.319 e. The minimum Gasteiger partial charge on any atom is -0.391 e. The largest absolute Gasteiger partial charge is 0.391 e. The molecule has 2 amide bonds. The Bertz CT molecular complexity index is 419. The van der Waals surface area contributed by atoms with Gasteiger partial charge in [0.1, 0.15) is 0 Å². The van der Waals surface area contributed by atoms with Crippen molar-refractivity contribution in [3.8, 4) is 0 Å². The molecule has 2 rings (SSSR count). The molecule has 0 radical (unpaired) electrons. The number of nitrogens with one attached hydrogen (secondary N) is 2. The van der Waals surface area contributed by atoms with Crippen LogP contribution in [0, 0.1) is 0 Å². The Balaban J connectivity index is 1.86. The summed E-state index contributed by atoms with van der Waals surface area (Å²) >= 11 is 0. The van der Waals surface area contributed by atoms with E-state index in [4.69, 9.17) is 5.73 Å². The van der Waals surface area contributed by atoms with Gasteiger partial charge in [-0.3, -0.25) is 0 Å². The number of hydrogen-bond donors (Lipinski definition) is 4. The van der Waals surface area contributed by atoms with Crippen molar-refractivity contribution < 1.29 is 9.90 Å². The predicted molar refractivity (Wildman–Crippen MR) is 74.8 cm³/mol. The number of aliphatic hydroxyl groups is 1. The Kier molecular flexibility index (Phi) is 4.76. The van der Waals surface area contributed by atoms with Crippen molar-refractivity contribution in [2.45, 2.75) is 44.4 Å². The number of urea groups is 1.